The van der Waals surface area contributed by atoms with Crippen LogP contribution in [0, 0.1) is 5.92 Å². The summed E-state index contributed by atoms with van der Waals surface area (Å²) in [4.78, 5) is 0. The van der Waals surface area contributed by atoms with Gasteiger partial charge in [-0.05, 0) is 84.4 Å². The molecule has 1 saturated heterocycles. The molecule has 2 fully saturated rings. The van der Waals surface area contributed by atoms with Gasteiger partial charge in [-0.2, -0.15) is 0 Å². The molecule has 1 aliphatic heterocycles. The van der Waals surface area contributed by atoms with Gasteiger partial charge in [0.15, 0.2) is 0 Å². The molecule has 5 atom stereocenters. The van der Waals surface area contributed by atoms with Crippen LogP contribution in [0.25, 0.3) is 0 Å². The van der Waals surface area contributed by atoms with Crippen molar-refractivity contribution in [1.82, 2.24) is 0 Å². The van der Waals surface area contributed by atoms with Crippen molar-refractivity contribution < 1.29 is 14.2 Å². The fourth-order valence-electron chi connectivity index (χ4n) is 6.77. The summed E-state index contributed by atoms with van der Waals surface area (Å²) in [7, 11) is 0. The third-order valence-electron chi connectivity index (χ3n) is 9.24. The van der Waals surface area contributed by atoms with Crippen molar-refractivity contribution in [2.24, 2.45) is 5.92 Å². The second-order valence-corrected chi connectivity index (χ2v) is 13.9. The molecule has 1 aliphatic carbocycles. The molecule has 0 unspecified atom stereocenters. The average Bonchev–Trinajstić information content (AvgIpc) is 3.58. The zero-order valence-electron chi connectivity index (χ0n) is 26.1. The highest BCUT2D eigenvalue weighted by Crippen LogP contribution is 2.49. The maximum atomic E-state index is 6.87. The van der Waals surface area contributed by atoms with Gasteiger partial charge >= 0.3 is 0 Å². The van der Waals surface area contributed by atoms with Crippen LogP contribution in [0.2, 0.25) is 0 Å². The van der Waals surface area contributed by atoms with Crippen LogP contribution in [0.1, 0.15) is 79.0 Å². The first-order valence-corrected chi connectivity index (χ1v) is 17.4. The maximum Gasteiger partial charge on any atom is 0.119 e. The SMILES string of the molecule is CC[C@H]1S[C@@H](c2cccc(Cc3ccc(OC4CCCC4)cc3)c2)[C@H](OCc2ccccc2)[C@@H](OCc2ccccc2)[C@@H]1C. The average molecular weight is 607 g/mol. The number of benzene rings is 4. The number of hydrogen-bond donors (Lipinski definition) is 0. The Balaban J connectivity index is 1.22. The first kappa shape index (κ1) is 31.0. The molecule has 230 valence electrons. The van der Waals surface area contributed by atoms with Crippen molar-refractivity contribution >= 4 is 11.8 Å². The number of thioether (sulfide) groups is 1. The molecule has 0 N–H and O–H groups in total. The van der Waals surface area contributed by atoms with Crippen molar-refractivity contribution in [2.75, 3.05) is 0 Å². The molecule has 4 heteroatoms. The third-order valence-corrected chi connectivity index (χ3v) is 11.2. The van der Waals surface area contributed by atoms with E-state index in [1.807, 2.05) is 0 Å². The van der Waals surface area contributed by atoms with E-state index in [1.54, 1.807) is 0 Å². The Morgan fingerprint density at radius 2 is 1.27 bits per heavy atom. The van der Waals surface area contributed by atoms with Crippen LogP contribution < -0.4 is 4.74 Å². The van der Waals surface area contributed by atoms with Crippen molar-refractivity contribution in [3.05, 3.63) is 137 Å². The fourth-order valence-corrected chi connectivity index (χ4v) is 8.44. The molecule has 1 heterocycles. The normalized spacial score (nSPS) is 23.9. The lowest BCUT2D eigenvalue weighted by molar-refractivity contribution is -0.112. The fraction of sp³-hybridized carbons (Fsp3) is 0.400. The highest BCUT2D eigenvalue weighted by Gasteiger charge is 2.45. The quantitative estimate of drug-likeness (QED) is 0.160. The third kappa shape index (κ3) is 7.96. The van der Waals surface area contributed by atoms with Gasteiger partial charge in [0.1, 0.15) is 11.9 Å². The Kier molecular flexibility index (Phi) is 10.8. The smallest absolute Gasteiger partial charge is 0.119 e. The van der Waals surface area contributed by atoms with Crippen LogP contribution in [0.15, 0.2) is 109 Å². The Hall–Kier alpha value is -3.05. The highest BCUT2D eigenvalue weighted by atomic mass is 32.2. The molecule has 6 rings (SSSR count). The van der Waals surface area contributed by atoms with E-state index in [1.165, 1.54) is 53.5 Å². The summed E-state index contributed by atoms with van der Waals surface area (Å²) in [6.45, 7) is 5.82. The van der Waals surface area contributed by atoms with Crippen LogP contribution in [0.3, 0.4) is 0 Å². The second-order valence-electron chi connectivity index (χ2n) is 12.5. The Labute approximate surface area is 268 Å². The minimum atomic E-state index is -0.0658. The predicted octanol–water partition coefficient (Wildman–Crippen LogP) is 9.97. The Bertz CT molecular complexity index is 1420. The summed E-state index contributed by atoms with van der Waals surface area (Å²) in [5, 5.41) is 0.677. The number of hydrogen-bond acceptors (Lipinski definition) is 4. The summed E-state index contributed by atoms with van der Waals surface area (Å²) < 4.78 is 19.9. The van der Waals surface area contributed by atoms with Gasteiger partial charge < -0.3 is 14.2 Å². The topological polar surface area (TPSA) is 27.7 Å². The molecule has 4 aromatic rings. The molecule has 0 bridgehead atoms. The van der Waals surface area contributed by atoms with E-state index in [-0.39, 0.29) is 17.5 Å². The van der Waals surface area contributed by atoms with Crippen LogP contribution >= 0.6 is 11.8 Å². The van der Waals surface area contributed by atoms with Crippen molar-refractivity contribution in [2.45, 2.75) is 94.4 Å². The van der Waals surface area contributed by atoms with Gasteiger partial charge in [-0.15, -0.1) is 11.8 Å². The lowest BCUT2D eigenvalue weighted by Crippen LogP contribution is -2.48. The summed E-state index contributed by atoms with van der Waals surface area (Å²) in [5.41, 5.74) is 6.34. The van der Waals surface area contributed by atoms with Crippen LogP contribution in [0.4, 0.5) is 0 Å². The molecular formula is C40H46O3S. The van der Waals surface area contributed by atoms with Crippen LogP contribution in [-0.2, 0) is 29.1 Å². The van der Waals surface area contributed by atoms with Gasteiger partial charge in [-0.25, -0.2) is 0 Å². The van der Waals surface area contributed by atoms with Crippen molar-refractivity contribution in [1.29, 1.82) is 0 Å². The minimum Gasteiger partial charge on any atom is -0.490 e. The summed E-state index contributed by atoms with van der Waals surface area (Å²) in [5.74, 6) is 1.37. The largest absolute Gasteiger partial charge is 0.490 e. The molecule has 2 aliphatic rings. The first-order valence-electron chi connectivity index (χ1n) is 16.5. The van der Waals surface area contributed by atoms with Crippen LogP contribution in [-0.4, -0.2) is 23.6 Å². The van der Waals surface area contributed by atoms with E-state index in [4.69, 9.17) is 14.2 Å². The molecular weight excluding hydrogens is 561 g/mol. The van der Waals surface area contributed by atoms with E-state index in [0.717, 1.165) is 18.6 Å². The van der Waals surface area contributed by atoms with E-state index >= 15 is 0 Å². The van der Waals surface area contributed by atoms with E-state index in [2.05, 4.69) is 135 Å². The van der Waals surface area contributed by atoms with Crippen molar-refractivity contribution in [3.8, 4) is 5.75 Å². The van der Waals surface area contributed by atoms with Gasteiger partial charge in [-0.3, -0.25) is 0 Å². The lowest BCUT2D eigenvalue weighted by atomic mass is 9.89. The van der Waals surface area contributed by atoms with Crippen LogP contribution in [0.5, 0.6) is 5.75 Å². The van der Waals surface area contributed by atoms with Gasteiger partial charge in [0.25, 0.3) is 0 Å². The van der Waals surface area contributed by atoms with Crippen molar-refractivity contribution in [3.63, 3.8) is 0 Å². The molecule has 3 nitrogen and oxygen atoms in total. The van der Waals surface area contributed by atoms with Gasteiger partial charge in [-0.1, -0.05) is 111 Å². The zero-order valence-corrected chi connectivity index (χ0v) is 27.0. The van der Waals surface area contributed by atoms with Gasteiger partial charge in [0.2, 0.25) is 0 Å². The van der Waals surface area contributed by atoms with Gasteiger partial charge in [0.05, 0.1) is 30.7 Å². The Morgan fingerprint density at radius 3 is 1.91 bits per heavy atom. The predicted molar refractivity (Wildman–Crippen MR) is 182 cm³/mol. The molecule has 0 aromatic heterocycles. The molecule has 0 spiro atoms. The van der Waals surface area contributed by atoms with E-state index in [0.29, 0.717) is 30.5 Å². The zero-order chi connectivity index (χ0) is 30.1. The number of rotatable bonds is 12. The van der Waals surface area contributed by atoms with E-state index in [9.17, 15) is 0 Å². The van der Waals surface area contributed by atoms with E-state index < -0.39 is 0 Å². The maximum absolute atomic E-state index is 6.87. The summed E-state index contributed by atoms with van der Waals surface area (Å²) in [6.07, 6.45) is 7.25. The lowest BCUT2D eigenvalue weighted by Gasteiger charge is -2.45. The minimum absolute atomic E-state index is 0.00816. The van der Waals surface area contributed by atoms with Gasteiger partial charge in [0, 0.05) is 5.25 Å². The molecule has 0 radical (unpaired) electrons. The standard InChI is InChI=1S/C40H46O3S/c1-3-37-29(2)38(41-27-31-13-6-4-7-14-31)39(42-28-32-15-8-5-9-16-32)40(44-37)34-18-12-17-33(26-34)25-30-21-23-36(24-22-30)43-35-19-10-11-20-35/h4-9,12-18,21-24,26,29,35,37-40H,3,10-11,19-20,25,27-28H2,1-2H3/t29-,37-,38+,39-,40+/m1/s1. The monoisotopic (exact) mass is 606 g/mol. The highest BCUT2D eigenvalue weighted by molar-refractivity contribution is 8.00. The Morgan fingerprint density at radius 1 is 0.659 bits per heavy atom. The number of ether oxygens (including phenoxy) is 3. The molecule has 1 saturated carbocycles. The molecule has 0 amide bonds. The first-order chi connectivity index (χ1) is 21.7. The molecule has 4 aromatic carbocycles. The summed E-state index contributed by atoms with van der Waals surface area (Å²) in [6, 6.07) is 38.9. The second kappa shape index (κ2) is 15.3. The summed E-state index contributed by atoms with van der Waals surface area (Å²) >= 11 is 2.07. The molecule has 44 heavy (non-hydrogen) atoms.